The number of ether oxygens (including phenoxy) is 1. The zero-order valence-electron chi connectivity index (χ0n) is 22.8. The van der Waals surface area contributed by atoms with Crippen LogP contribution in [0.1, 0.15) is 52.9 Å². The van der Waals surface area contributed by atoms with Crippen molar-refractivity contribution in [3.8, 4) is 5.75 Å². The summed E-state index contributed by atoms with van der Waals surface area (Å²) in [5.74, 6) is 0.644. The van der Waals surface area contributed by atoms with Gasteiger partial charge in [0, 0.05) is 37.9 Å². The van der Waals surface area contributed by atoms with Crippen molar-refractivity contribution in [2.24, 2.45) is 0 Å². The van der Waals surface area contributed by atoms with Crippen LogP contribution in [-0.4, -0.2) is 35.0 Å². The van der Waals surface area contributed by atoms with Crippen molar-refractivity contribution in [2.45, 2.75) is 51.8 Å². The van der Waals surface area contributed by atoms with Crippen LogP contribution >= 0.6 is 0 Å². The van der Waals surface area contributed by atoms with Gasteiger partial charge in [0.2, 0.25) is 0 Å². The fraction of sp³-hybridized carbons (Fsp3) is 0.294. The monoisotopic (exact) mass is 519 g/mol. The number of rotatable bonds is 10. The Morgan fingerprint density at radius 1 is 1.03 bits per heavy atom. The Morgan fingerprint density at radius 3 is 2.64 bits per heavy atom. The smallest absolute Gasteiger partial charge is 0.261 e. The summed E-state index contributed by atoms with van der Waals surface area (Å²) in [6.45, 7) is 6.52. The van der Waals surface area contributed by atoms with E-state index < -0.39 is 6.10 Å². The number of pyridine rings is 1. The lowest BCUT2D eigenvalue weighted by atomic mass is 9.87. The lowest BCUT2D eigenvalue weighted by Crippen LogP contribution is -2.39. The number of aryl methyl sites for hydroxylation is 1. The number of nitrogens with zero attached hydrogens (tertiary/aromatic N) is 2. The lowest BCUT2D eigenvalue weighted by Gasteiger charge is -2.38. The van der Waals surface area contributed by atoms with Gasteiger partial charge >= 0.3 is 0 Å². The van der Waals surface area contributed by atoms with Crippen LogP contribution in [0.4, 0.5) is 0 Å². The number of aromatic nitrogens is 1. The van der Waals surface area contributed by atoms with Crippen LogP contribution < -0.4 is 10.1 Å². The molecule has 1 aromatic heterocycles. The number of hydrogen-bond donors (Lipinski definition) is 1. The molecular weight excluding hydrogens is 482 g/mol. The molecule has 0 fully saturated rings. The van der Waals surface area contributed by atoms with Crippen molar-refractivity contribution in [2.75, 3.05) is 13.1 Å². The number of carbonyl (C=O) groups excluding carboxylic acids is 1. The van der Waals surface area contributed by atoms with Crippen LogP contribution in [0.25, 0.3) is 0 Å². The van der Waals surface area contributed by atoms with Gasteiger partial charge in [-0.3, -0.25) is 14.7 Å². The van der Waals surface area contributed by atoms with Gasteiger partial charge in [0.1, 0.15) is 5.75 Å². The van der Waals surface area contributed by atoms with E-state index in [0.29, 0.717) is 19.4 Å². The average molecular weight is 520 g/mol. The molecule has 0 bridgehead atoms. The van der Waals surface area contributed by atoms with E-state index >= 15 is 0 Å². The van der Waals surface area contributed by atoms with E-state index in [2.05, 4.69) is 88.9 Å². The van der Waals surface area contributed by atoms with Crippen molar-refractivity contribution < 1.29 is 9.53 Å². The lowest BCUT2D eigenvalue weighted by molar-refractivity contribution is -0.128. The first-order valence-electron chi connectivity index (χ1n) is 13.9. The van der Waals surface area contributed by atoms with Crippen LogP contribution in [0, 0.1) is 6.92 Å². The standard InChI is InChI=1S/C34H37N3O2/c1-3-32(34(38)36-20-17-29-14-7-8-19-35-29)39-30-16-15-27-18-21-37(24-26-11-9-10-25(2)22-26)33(31(27)23-30)28-12-5-4-6-13-28/h4-16,19,22-23,32-33H,3,17-18,20-21,24H2,1-2H3,(H,36,38)/t32-,33-/m0/s1. The minimum absolute atomic E-state index is 0.0909. The average Bonchev–Trinajstić information content (AvgIpc) is 2.96. The zero-order valence-corrected chi connectivity index (χ0v) is 22.8. The van der Waals surface area contributed by atoms with Crippen LogP contribution in [0.15, 0.2) is 97.2 Å². The normalized spacial score (nSPS) is 15.8. The highest BCUT2D eigenvalue weighted by atomic mass is 16.5. The first kappa shape index (κ1) is 26.6. The largest absolute Gasteiger partial charge is 0.481 e. The maximum absolute atomic E-state index is 13.0. The number of amides is 1. The van der Waals surface area contributed by atoms with Crippen LogP contribution in [0.5, 0.6) is 5.75 Å². The molecule has 5 rings (SSSR count). The predicted molar refractivity (Wildman–Crippen MR) is 156 cm³/mol. The molecule has 1 amide bonds. The van der Waals surface area contributed by atoms with Crippen molar-refractivity contribution in [1.82, 2.24) is 15.2 Å². The summed E-state index contributed by atoms with van der Waals surface area (Å²) < 4.78 is 6.30. The zero-order chi connectivity index (χ0) is 27.0. The van der Waals surface area contributed by atoms with Crippen molar-refractivity contribution in [1.29, 1.82) is 0 Å². The molecule has 0 saturated carbocycles. The van der Waals surface area contributed by atoms with Gasteiger partial charge < -0.3 is 10.1 Å². The second-order valence-electron chi connectivity index (χ2n) is 10.3. The molecule has 1 aliphatic rings. The first-order valence-corrected chi connectivity index (χ1v) is 13.9. The number of carbonyl (C=O) groups is 1. The van der Waals surface area contributed by atoms with E-state index in [9.17, 15) is 4.79 Å². The number of benzene rings is 3. The summed E-state index contributed by atoms with van der Waals surface area (Å²) in [7, 11) is 0. The van der Waals surface area contributed by atoms with E-state index in [0.717, 1.165) is 31.0 Å². The first-order chi connectivity index (χ1) is 19.1. The minimum atomic E-state index is -0.547. The van der Waals surface area contributed by atoms with Crippen molar-refractivity contribution >= 4 is 5.91 Å². The van der Waals surface area contributed by atoms with Crippen LogP contribution in [0.3, 0.4) is 0 Å². The minimum Gasteiger partial charge on any atom is -0.481 e. The third-order valence-corrected chi connectivity index (χ3v) is 7.38. The van der Waals surface area contributed by atoms with Gasteiger partial charge in [-0.2, -0.15) is 0 Å². The molecule has 0 aliphatic carbocycles. The molecule has 0 radical (unpaired) electrons. The third-order valence-electron chi connectivity index (χ3n) is 7.38. The molecule has 39 heavy (non-hydrogen) atoms. The number of fused-ring (bicyclic) bond motifs is 1. The molecule has 0 saturated heterocycles. The van der Waals surface area contributed by atoms with E-state index in [-0.39, 0.29) is 11.9 Å². The van der Waals surface area contributed by atoms with Gasteiger partial charge in [-0.1, -0.05) is 79.2 Å². The molecule has 0 unspecified atom stereocenters. The Bertz CT molecular complexity index is 1370. The van der Waals surface area contributed by atoms with E-state index in [1.165, 1.54) is 27.8 Å². The summed E-state index contributed by atoms with van der Waals surface area (Å²) in [4.78, 5) is 19.8. The van der Waals surface area contributed by atoms with Gasteiger partial charge in [-0.15, -0.1) is 0 Å². The molecule has 200 valence electrons. The molecular formula is C34H37N3O2. The SMILES string of the molecule is CC[C@H](Oc1ccc2c(c1)[C@H](c1ccccc1)N(Cc1cccc(C)c1)CC2)C(=O)NCCc1ccccn1. The quantitative estimate of drug-likeness (QED) is 0.277. The second-order valence-corrected chi connectivity index (χ2v) is 10.3. The van der Waals surface area contributed by atoms with Crippen LogP contribution in [0.2, 0.25) is 0 Å². The topological polar surface area (TPSA) is 54.5 Å². The van der Waals surface area contributed by atoms with Gasteiger partial charge in [0.05, 0.1) is 6.04 Å². The summed E-state index contributed by atoms with van der Waals surface area (Å²) in [5, 5.41) is 3.03. The Morgan fingerprint density at radius 2 is 1.87 bits per heavy atom. The third kappa shape index (κ3) is 6.73. The Hall–Kier alpha value is -3.96. The molecule has 1 N–H and O–H groups in total. The van der Waals surface area contributed by atoms with Crippen molar-refractivity contribution in [3.05, 3.63) is 131 Å². The van der Waals surface area contributed by atoms with E-state index in [4.69, 9.17) is 4.74 Å². The van der Waals surface area contributed by atoms with Gasteiger partial charge in [-0.05, 0) is 66.3 Å². The number of nitrogens with one attached hydrogen (secondary N) is 1. The molecule has 2 heterocycles. The molecule has 1 aliphatic heterocycles. The molecule has 0 spiro atoms. The molecule has 4 aromatic rings. The highest BCUT2D eigenvalue weighted by molar-refractivity contribution is 5.81. The molecule has 5 heteroatoms. The molecule has 5 nitrogen and oxygen atoms in total. The maximum atomic E-state index is 13.0. The molecule has 3 aromatic carbocycles. The van der Waals surface area contributed by atoms with Gasteiger partial charge in [0.15, 0.2) is 6.10 Å². The van der Waals surface area contributed by atoms with Crippen LogP contribution in [-0.2, 0) is 24.2 Å². The highest BCUT2D eigenvalue weighted by Crippen LogP contribution is 2.38. The van der Waals surface area contributed by atoms with Crippen molar-refractivity contribution in [3.63, 3.8) is 0 Å². The predicted octanol–water partition coefficient (Wildman–Crippen LogP) is 6.05. The Balaban J connectivity index is 1.34. The maximum Gasteiger partial charge on any atom is 0.261 e. The number of hydrogen-bond acceptors (Lipinski definition) is 4. The summed E-state index contributed by atoms with van der Waals surface area (Å²) >= 11 is 0. The van der Waals surface area contributed by atoms with Gasteiger partial charge in [-0.25, -0.2) is 0 Å². The highest BCUT2D eigenvalue weighted by Gasteiger charge is 2.30. The Labute approximate surface area is 231 Å². The summed E-state index contributed by atoms with van der Waals surface area (Å²) in [6.07, 6.45) is 3.49. The molecule has 2 atom stereocenters. The van der Waals surface area contributed by atoms with E-state index in [1.54, 1.807) is 6.20 Å². The second kappa shape index (κ2) is 12.7. The van der Waals surface area contributed by atoms with E-state index in [1.807, 2.05) is 31.2 Å². The fourth-order valence-electron chi connectivity index (χ4n) is 5.42. The fourth-order valence-corrected chi connectivity index (χ4v) is 5.42. The Kier molecular flexibility index (Phi) is 8.69. The summed E-state index contributed by atoms with van der Waals surface area (Å²) in [6, 6.07) is 31.8. The van der Waals surface area contributed by atoms with Gasteiger partial charge in [0.25, 0.3) is 5.91 Å². The summed E-state index contributed by atoms with van der Waals surface area (Å²) in [5.41, 5.74) is 7.42.